The Bertz CT molecular complexity index is 444. The lowest BCUT2D eigenvalue weighted by Crippen LogP contribution is -2.04. The van der Waals surface area contributed by atoms with Gasteiger partial charge in [0.25, 0.3) is 0 Å². The molecule has 0 aliphatic heterocycles. The highest BCUT2D eigenvalue weighted by molar-refractivity contribution is 5.10. The SMILES string of the molecule is CC(CCC(C)c1ccnn1C)c1cn[nH]c1. The largest absolute Gasteiger partial charge is 0.285 e. The van der Waals surface area contributed by atoms with Crippen LogP contribution in [0.4, 0.5) is 0 Å². The number of aryl methyl sites for hydroxylation is 1. The summed E-state index contributed by atoms with van der Waals surface area (Å²) in [5, 5.41) is 11.1. The molecule has 4 heteroatoms. The van der Waals surface area contributed by atoms with Crippen LogP contribution in [0.1, 0.15) is 49.8 Å². The van der Waals surface area contributed by atoms with Crippen LogP contribution < -0.4 is 0 Å². The molecule has 2 heterocycles. The van der Waals surface area contributed by atoms with E-state index in [1.54, 1.807) is 0 Å². The minimum atomic E-state index is 0.553. The molecule has 4 nitrogen and oxygen atoms in total. The monoisotopic (exact) mass is 232 g/mol. The van der Waals surface area contributed by atoms with Crippen molar-refractivity contribution >= 4 is 0 Å². The van der Waals surface area contributed by atoms with Crippen molar-refractivity contribution in [1.29, 1.82) is 0 Å². The van der Waals surface area contributed by atoms with E-state index in [4.69, 9.17) is 0 Å². The predicted molar refractivity (Wildman–Crippen MR) is 67.9 cm³/mol. The van der Waals surface area contributed by atoms with E-state index < -0.39 is 0 Å². The molecular formula is C13H20N4. The van der Waals surface area contributed by atoms with Gasteiger partial charge in [0, 0.05) is 25.1 Å². The molecule has 0 aromatic carbocycles. The van der Waals surface area contributed by atoms with Gasteiger partial charge in [-0.15, -0.1) is 0 Å². The van der Waals surface area contributed by atoms with Gasteiger partial charge < -0.3 is 0 Å². The van der Waals surface area contributed by atoms with Crippen LogP contribution >= 0.6 is 0 Å². The molecule has 0 amide bonds. The Kier molecular flexibility index (Phi) is 3.61. The standard InChI is InChI=1S/C13H20N4/c1-10(12-8-14-15-9-12)4-5-11(2)13-6-7-16-17(13)3/h6-11H,4-5H2,1-3H3,(H,14,15). The normalized spacial score (nSPS) is 14.8. The quantitative estimate of drug-likeness (QED) is 0.861. The maximum Gasteiger partial charge on any atom is 0.0521 e. The Morgan fingerprint density at radius 3 is 2.65 bits per heavy atom. The van der Waals surface area contributed by atoms with Crippen molar-refractivity contribution in [2.24, 2.45) is 7.05 Å². The molecule has 2 aromatic rings. The van der Waals surface area contributed by atoms with Crippen LogP contribution in [-0.2, 0) is 7.05 Å². The molecule has 2 atom stereocenters. The van der Waals surface area contributed by atoms with E-state index in [0.717, 1.165) is 0 Å². The van der Waals surface area contributed by atoms with Crippen molar-refractivity contribution in [2.45, 2.75) is 38.5 Å². The van der Waals surface area contributed by atoms with Gasteiger partial charge in [-0.3, -0.25) is 9.78 Å². The number of rotatable bonds is 5. The van der Waals surface area contributed by atoms with E-state index in [0.29, 0.717) is 11.8 Å². The van der Waals surface area contributed by atoms with Gasteiger partial charge in [0.05, 0.1) is 6.20 Å². The molecule has 17 heavy (non-hydrogen) atoms. The first-order valence-corrected chi connectivity index (χ1v) is 6.15. The Hall–Kier alpha value is -1.58. The fourth-order valence-electron chi connectivity index (χ4n) is 2.21. The molecule has 0 aliphatic carbocycles. The molecule has 0 saturated heterocycles. The van der Waals surface area contributed by atoms with Crippen molar-refractivity contribution in [2.75, 3.05) is 0 Å². The van der Waals surface area contributed by atoms with Gasteiger partial charge in [0.2, 0.25) is 0 Å². The van der Waals surface area contributed by atoms with Crippen LogP contribution in [0.25, 0.3) is 0 Å². The summed E-state index contributed by atoms with van der Waals surface area (Å²) in [6.45, 7) is 4.51. The smallest absolute Gasteiger partial charge is 0.0521 e. The van der Waals surface area contributed by atoms with Crippen LogP contribution in [0.15, 0.2) is 24.7 Å². The second-order valence-electron chi connectivity index (χ2n) is 4.79. The van der Waals surface area contributed by atoms with Gasteiger partial charge in [0.1, 0.15) is 0 Å². The number of nitrogens with zero attached hydrogens (tertiary/aromatic N) is 3. The lowest BCUT2D eigenvalue weighted by atomic mass is 9.93. The first-order chi connectivity index (χ1) is 8.18. The summed E-state index contributed by atoms with van der Waals surface area (Å²) in [7, 11) is 2.01. The Balaban J connectivity index is 1.88. The lowest BCUT2D eigenvalue weighted by molar-refractivity contribution is 0.542. The van der Waals surface area contributed by atoms with Gasteiger partial charge >= 0.3 is 0 Å². The molecule has 2 rings (SSSR count). The molecule has 0 saturated carbocycles. The summed E-state index contributed by atoms with van der Waals surface area (Å²) in [4.78, 5) is 0. The van der Waals surface area contributed by atoms with Crippen molar-refractivity contribution < 1.29 is 0 Å². The van der Waals surface area contributed by atoms with E-state index >= 15 is 0 Å². The van der Waals surface area contributed by atoms with Gasteiger partial charge in [0.15, 0.2) is 0 Å². The number of hydrogen-bond acceptors (Lipinski definition) is 2. The molecule has 92 valence electrons. The first-order valence-electron chi connectivity index (χ1n) is 6.15. The molecular weight excluding hydrogens is 212 g/mol. The highest BCUT2D eigenvalue weighted by Crippen LogP contribution is 2.26. The third kappa shape index (κ3) is 2.75. The average Bonchev–Trinajstić information content (AvgIpc) is 2.95. The fraction of sp³-hybridized carbons (Fsp3) is 0.538. The third-order valence-corrected chi connectivity index (χ3v) is 3.48. The number of aromatic nitrogens is 4. The molecule has 0 spiro atoms. The number of nitrogens with one attached hydrogen (secondary N) is 1. The minimum absolute atomic E-state index is 0.553. The van der Waals surface area contributed by atoms with E-state index in [1.807, 2.05) is 30.3 Å². The first kappa shape index (κ1) is 11.9. The molecule has 0 bridgehead atoms. The zero-order valence-electron chi connectivity index (χ0n) is 10.7. The summed E-state index contributed by atoms with van der Waals surface area (Å²) < 4.78 is 1.97. The molecule has 0 fully saturated rings. The Morgan fingerprint density at radius 2 is 2.06 bits per heavy atom. The number of H-pyrrole nitrogens is 1. The van der Waals surface area contributed by atoms with Crippen molar-refractivity contribution in [1.82, 2.24) is 20.0 Å². The van der Waals surface area contributed by atoms with Crippen LogP contribution in [-0.4, -0.2) is 20.0 Å². The number of aromatic amines is 1. The van der Waals surface area contributed by atoms with E-state index in [9.17, 15) is 0 Å². The predicted octanol–water partition coefficient (Wildman–Crippen LogP) is 2.83. The lowest BCUT2D eigenvalue weighted by Gasteiger charge is -2.14. The summed E-state index contributed by atoms with van der Waals surface area (Å²) in [5.41, 5.74) is 2.60. The molecule has 2 aromatic heterocycles. The zero-order chi connectivity index (χ0) is 12.3. The summed E-state index contributed by atoms with van der Waals surface area (Å²) in [5.74, 6) is 1.11. The van der Waals surface area contributed by atoms with Gasteiger partial charge in [-0.25, -0.2) is 0 Å². The second-order valence-corrected chi connectivity index (χ2v) is 4.79. The Labute approximate surface area is 102 Å². The maximum atomic E-state index is 4.22. The summed E-state index contributed by atoms with van der Waals surface area (Å²) >= 11 is 0. The Morgan fingerprint density at radius 1 is 1.29 bits per heavy atom. The zero-order valence-corrected chi connectivity index (χ0v) is 10.7. The molecule has 0 aliphatic rings. The van der Waals surface area contributed by atoms with Gasteiger partial charge in [-0.05, 0) is 36.3 Å². The van der Waals surface area contributed by atoms with E-state index in [-0.39, 0.29) is 0 Å². The van der Waals surface area contributed by atoms with Crippen LogP contribution in [0, 0.1) is 0 Å². The van der Waals surface area contributed by atoms with Gasteiger partial charge in [-0.2, -0.15) is 10.2 Å². The summed E-state index contributed by atoms with van der Waals surface area (Å²) in [6, 6.07) is 2.10. The minimum Gasteiger partial charge on any atom is -0.285 e. The summed E-state index contributed by atoms with van der Waals surface area (Å²) in [6.07, 6.45) is 8.11. The fourth-order valence-corrected chi connectivity index (χ4v) is 2.21. The van der Waals surface area contributed by atoms with E-state index in [2.05, 4.69) is 35.2 Å². The molecule has 2 unspecified atom stereocenters. The average molecular weight is 232 g/mol. The topological polar surface area (TPSA) is 46.5 Å². The second kappa shape index (κ2) is 5.17. The highest BCUT2D eigenvalue weighted by Gasteiger charge is 2.12. The van der Waals surface area contributed by atoms with Crippen molar-refractivity contribution in [3.05, 3.63) is 35.9 Å². The van der Waals surface area contributed by atoms with Gasteiger partial charge in [-0.1, -0.05) is 13.8 Å². The van der Waals surface area contributed by atoms with E-state index in [1.165, 1.54) is 24.1 Å². The van der Waals surface area contributed by atoms with Crippen LogP contribution in [0.3, 0.4) is 0 Å². The third-order valence-electron chi connectivity index (χ3n) is 3.48. The van der Waals surface area contributed by atoms with Crippen molar-refractivity contribution in [3.63, 3.8) is 0 Å². The maximum absolute atomic E-state index is 4.22. The number of hydrogen-bond donors (Lipinski definition) is 1. The van der Waals surface area contributed by atoms with Crippen LogP contribution in [0.5, 0.6) is 0 Å². The highest BCUT2D eigenvalue weighted by atomic mass is 15.3. The molecule has 1 N–H and O–H groups in total. The van der Waals surface area contributed by atoms with Crippen LogP contribution in [0.2, 0.25) is 0 Å². The van der Waals surface area contributed by atoms with Crippen molar-refractivity contribution in [3.8, 4) is 0 Å². The molecule has 0 radical (unpaired) electrons.